The Balaban J connectivity index is 2.12. The third-order valence-corrected chi connectivity index (χ3v) is 6.15. The molecule has 0 aromatic heterocycles. The lowest BCUT2D eigenvalue weighted by atomic mass is 10.0. The molecule has 0 heterocycles. The molecule has 35 heavy (non-hydrogen) atoms. The molecule has 6 nitrogen and oxygen atoms in total. The van der Waals surface area contributed by atoms with Gasteiger partial charge in [0.25, 0.3) is 5.91 Å². The number of aryl methyl sites for hydroxylation is 1. The molecule has 0 aliphatic rings. The third-order valence-electron chi connectivity index (χ3n) is 6.15. The molecule has 0 bridgehead atoms. The molecular formula is C29H43N3O3. The monoisotopic (exact) mass is 481 g/mol. The maximum atomic E-state index is 13.5. The summed E-state index contributed by atoms with van der Waals surface area (Å²) >= 11 is 0. The Bertz CT molecular complexity index is 886. The van der Waals surface area contributed by atoms with Crippen LogP contribution in [0.25, 0.3) is 0 Å². The number of likely N-dealkylation sites (N-methyl/N-ethyl adjacent to an activating group) is 1. The molecule has 2 aromatic rings. The second-order valence-corrected chi connectivity index (χ2v) is 8.94. The standard InChI is InChI=1S/C29H43N3O3/c1-6-18-32(19-7-2)29(34)27(30-28(33)25-14-10-23(5)11-15-25)22-24-12-16-26(17-13-24)35-21-20-31(8-3)9-4/h10-17,27H,6-9,18-22H2,1-5H3,(H,30,33). The highest BCUT2D eigenvalue weighted by Crippen LogP contribution is 2.15. The van der Waals surface area contributed by atoms with Crippen molar-refractivity contribution in [3.05, 3.63) is 65.2 Å². The summed E-state index contributed by atoms with van der Waals surface area (Å²) in [5.74, 6) is 0.549. The molecule has 1 unspecified atom stereocenters. The largest absolute Gasteiger partial charge is 0.492 e. The van der Waals surface area contributed by atoms with Gasteiger partial charge >= 0.3 is 0 Å². The van der Waals surface area contributed by atoms with Gasteiger partial charge < -0.3 is 19.9 Å². The minimum absolute atomic E-state index is 0.0336. The molecule has 0 saturated heterocycles. The first-order valence-electron chi connectivity index (χ1n) is 13.0. The Hall–Kier alpha value is -2.86. The van der Waals surface area contributed by atoms with Gasteiger partial charge in [-0.3, -0.25) is 9.59 Å². The zero-order valence-electron chi connectivity index (χ0n) is 22.2. The van der Waals surface area contributed by atoms with Crippen LogP contribution in [-0.4, -0.2) is 67.0 Å². The van der Waals surface area contributed by atoms with E-state index in [-0.39, 0.29) is 11.8 Å². The zero-order chi connectivity index (χ0) is 25.6. The van der Waals surface area contributed by atoms with Crippen molar-refractivity contribution in [2.24, 2.45) is 0 Å². The van der Waals surface area contributed by atoms with Gasteiger partial charge in [0.05, 0.1) is 0 Å². The fourth-order valence-electron chi connectivity index (χ4n) is 4.03. The van der Waals surface area contributed by atoms with Gasteiger partial charge in [0.15, 0.2) is 0 Å². The Kier molecular flexibility index (Phi) is 12.3. The van der Waals surface area contributed by atoms with E-state index in [2.05, 4.69) is 37.9 Å². The second-order valence-electron chi connectivity index (χ2n) is 8.94. The molecule has 0 aliphatic heterocycles. The number of hydrogen-bond donors (Lipinski definition) is 1. The van der Waals surface area contributed by atoms with E-state index in [0.717, 1.165) is 49.4 Å². The van der Waals surface area contributed by atoms with Crippen LogP contribution in [0.5, 0.6) is 5.75 Å². The summed E-state index contributed by atoms with van der Waals surface area (Å²) in [5, 5.41) is 3.01. The summed E-state index contributed by atoms with van der Waals surface area (Å²) in [6, 6.07) is 14.6. The van der Waals surface area contributed by atoms with Crippen LogP contribution in [0.2, 0.25) is 0 Å². The van der Waals surface area contributed by atoms with Gasteiger partial charge in [0, 0.05) is 31.6 Å². The number of benzene rings is 2. The van der Waals surface area contributed by atoms with Crippen LogP contribution >= 0.6 is 0 Å². The Labute approximate surface area is 211 Å². The SMILES string of the molecule is CCCN(CCC)C(=O)C(Cc1ccc(OCCN(CC)CC)cc1)NC(=O)c1ccc(C)cc1. The lowest BCUT2D eigenvalue weighted by molar-refractivity contribution is -0.133. The van der Waals surface area contributed by atoms with Gasteiger partial charge in [-0.1, -0.05) is 57.5 Å². The van der Waals surface area contributed by atoms with Gasteiger partial charge in [-0.25, -0.2) is 0 Å². The van der Waals surface area contributed by atoms with Crippen LogP contribution in [0.1, 0.15) is 62.0 Å². The molecule has 2 amide bonds. The van der Waals surface area contributed by atoms with Crippen molar-refractivity contribution < 1.29 is 14.3 Å². The molecule has 0 saturated carbocycles. The lowest BCUT2D eigenvalue weighted by Gasteiger charge is -2.27. The molecule has 192 valence electrons. The average molecular weight is 482 g/mol. The predicted molar refractivity (Wildman–Crippen MR) is 143 cm³/mol. The number of rotatable bonds is 15. The quantitative estimate of drug-likeness (QED) is 0.400. The van der Waals surface area contributed by atoms with E-state index >= 15 is 0 Å². The second kappa shape index (κ2) is 15.2. The molecule has 0 radical (unpaired) electrons. The number of ether oxygens (including phenoxy) is 1. The Morgan fingerprint density at radius 2 is 1.46 bits per heavy atom. The zero-order valence-corrected chi connectivity index (χ0v) is 22.2. The lowest BCUT2D eigenvalue weighted by Crippen LogP contribution is -2.50. The fourth-order valence-corrected chi connectivity index (χ4v) is 4.03. The number of amides is 2. The summed E-state index contributed by atoms with van der Waals surface area (Å²) in [7, 11) is 0. The van der Waals surface area contributed by atoms with Gasteiger partial charge in [0.1, 0.15) is 18.4 Å². The predicted octanol–water partition coefficient (Wildman–Crippen LogP) is 4.71. The summed E-state index contributed by atoms with van der Waals surface area (Å²) < 4.78 is 5.90. The maximum Gasteiger partial charge on any atom is 0.251 e. The topological polar surface area (TPSA) is 61.9 Å². The Morgan fingerprint density at radius 3 is 2.00 bits per heavy atom. The molecular weight excluding hydrogens is 438 g/mol. The number of carbonyl (C=O) groups is 2. The molecule has 2 rings (SSSR count). The van der Waals surface area contributed by atoms with Crippen molar-refractivity contribution in [3.63, 3.8) is 0 Å². The first kappa shape index (κ1) is 28.4. The molecule has 2 aromatic carbocycles. The third kappa shape index (κ3) is 9.36. The van der Waals surface area contributed by atoms with Crippen LogP contribution in [0.15, 0.2) is 48.5 Å². The van der Waals surface area contributed by atoms with E-state index in [1.807, 2.05) is 48.2 Å². The van der Waals surface area contributed by atoms with E-state index in [9.17, 15) is 9.59 Å². The van der Waals surface area contributed by atoms with Gasteiger partial charge in [-0.05, 0) is 62.7 Å². The highest BCUT2D eigenvalue weighted by Gasteiger charge is 2.26. The molecule has 1 N–H and O–H groups in total. The molecule has 6 heteroatoms. The number of carbonyl (C=O) groups excluding carboxylic acids is 2. The highest BCUT2D eigenvalue weighted by atomic mass is 16.5. The highest BCUT2D eigenvalue weighted by molar-refractivity contribution is 5.97. The first-order chi connectivity index (χ1) is 16.9. The number of nitrogens with zero attached hydrogens (tertiary/aromatic N) is 2. The first-order valence-corrected chi connectivity index (χ1v) is 13.0. The van der Waals surface area contributed by atoms with Crippen LogP contribution in [0, 0.1) is 6.92 Å². The van der Waals surface area contributed by atoms with Crippen LogP contribution in [0.4, 0.5) is 0 Å². The van der Waals surface area contributed by atoms with Gasteiger partial charge in [-0.15, -0.1) is 0 Å². The van der Waals surface area contributed by atoms with Crippen molar-refractivity contribution in [1.29, 1.82) is 0 Å². The van der Waals surface area contributed by atoms with Crippen molar-refractivity contribution in [2.45, 2.75) is 59.9 Å². The van der Waals surface area contributed by atoms with Gasteiger partial charge in [0.2, 0.25) is 5.91 Å². The Morgan fingerprint density at radius 1 is 0.857 bits per heavy atom. The molecule has 1 atom stereocenters. The van der Waals surface area contributed by atoms with Crippen molar-refractivity contribution in [2.75, 3.05) is 39.3 Å². The van der Waals surface area contributed by atoms with E-state index < -0.39 is 6.04 Å². The normalized spacial score (nSPS) is 11.8. The number of hydrogen-bond acceptors (Lipinski definition) is 4. The van der Waals surface area contributed by atoms with Crippen molar-refractivity contribution in [3.8, 4) is 5.75 Å². The maximum absolute atomic E-state index is 13.5. The minimum Gasteiger partial charge on any atom is -0.492 e. The van der Waals surface area contributed by atoms with Gasteiger partial charge in [-0.2, -0.15) is 0 Å². The summed E-state index contributed by atoms with van der Waals surface area (Å²) in [6.07, 6.45) is 2.19. The van der Waals surface area contributed by atoms with E-state index in [0.29, 0.717) is 31.7 Å². The van der Waals surface area contributed by atoms with E-state index in [1.54, 1.807) is 12.1 Å². The van der Waals surface area contributed by atoms with Crippen LogP contribution in [0.3, 0.4) is 0 Å². The fraction of sp³-hybridized carbons (Fsp3) is 0.517. The van der Waals surface area contributed by atoms with Crippen LogP contribution in [-0.2, 0) is 11.2 Å². The van der Waals surface area contributed by atoms with Crippen molar-refractivity contribution >= 4 is 11.8 Å². The average Bonchev–Trinajstić information content (AvgIpc) is 2.87. The summed E-state index contributed by atoms with van der Waals surface area (Å²) in [5.41, 5.74) is 2.63. The smallest absolute Gasteiger partial charge is 0.251 e. The minimum atomic E-state index is -0.628. The summed E-state index contributed by atoms with van der Waals surface area (Å²) in [4.78, 5) is 30.6. The number of nitrogens with one attached hydrogen (secondary N) is 1. The molecule has 0 fully saturated rings. The summed E-state index contributed by atoms with van der Waals surface area (Å²) in [6.45, 7) is 15.3. The van der Waals surface area contributed by atoms with E-state index in [1.165, 1.54) is 0 Å². The van der Waals surface area contributed by atoms with Crippen molar-refractivity contribution in [1.82, 2.24) is 15.1 Å². The molecule has 0 spiro atoms. The van der Waals surface area contributed by atoms with E-state index in [4.69, 9.17) is 4.74 Å². The molecule has 0 aliphatic carbocycles. The van der Waals surface area contributed by atoms with Crippen LogP contribution < -0.4 is 10.1 Å².